The zero-order valence-electron chi connectivity index (χ0n) is 15.1. The van der Waals surface area contributed by atoms with E-state index in [4.69, 9.17) is 20.9 Å². The van der Waals surface area contributed by atoms with E-state index in [0.29, 0.717) is 23.7 Å². The van der Waals surface area contributed by atoms with Crippen molar-refractivity contribution >= 4 is 38.9 Å². The zero-order chi connectivity index (χ0) is 20.4. The second-order valence-corrected chi connectivity index (χ2v) is 9.53. The van der Waals surface area contributed by atoms with Crippen LogP contribution in [0, 0.1) is 0 Å². The van der Waals surface area contributed by atoms with Crippen LogP contribution in [0.15, 0.2) is 45.1 Å². The molecule has 3 heterocycles. The molecule has 4 rings (SSSR count). The first-order chi connectivity index (χ1) is 14.0. The van der Waals surface area contributed by atoms with Crippen LogP contribution in [0.25, 0.3) is 11.5 Å². The number of nitrogens with zero attached hydrogens (tertiary/aromatic N) is 3. The van der Waals surface area contributed by atoms with E-state index < -0.39 is 16.0 Å². The van der Waals surface area contributed by atoms with Crippen LogP contribution >= 0.6 is 22.9 Å². The molecule has 8 nitrogen and oxygen atoms in total. The molecule has 0 atom stereocenters. The van der Waals surface area contributed by atoms with Gasteiger partial charge in [0.25, 0.3) is 5.89 Å². The highest BCUT2D eigenvalue weighted by Crippen LogP contribution is 2.29. The monoisotopic (exact) mass is 453 g/mol. The van der Waals surface area contributed by atoms with Gasteiger partial charge < -0.3 is 9.26 Å². The number of esters is 1. The average Bonchev–Trinajstić information content (AvgIpc) is 3.48. The maximum atomic E-state index is 12.8. The Morgan fingerprint density at radius 3 is 2.76 bits per heavy atom. The fraction of sp³-hybridized carbons (Fsp3) is 0.278. The molecule has 2 aromatic heterocycles. The summed E-state index contributed by atoms with van der Waals surface area (Å²) in [5.74, 6) is -0.397. The highest BCUT2D eigenvalue weighted by Gasteiger charge is 2.32. The predicted molar refractivity (Wildman–Crippen MR) is 106 cm³/mol. The largest absolute Gasteiger partial charge is 0.453 e. The van der Waals surface area contributed by atoms with Gasteiger partial charge in [-0.15, -0.1) is 11.3 Å². The fourth-order valence-electron chi connectivity index (χ4n) is 2.97. The molecule has 0 saturated carbocycles. The number of benzene rings is 1. The second-order valence-electron chi connectivity index (χ2n) is 6.30. The molecular formula is C18H16ClN3O5S2. The number of carbonyl (C=O) groups is 1. The molecular weight excluding hydrogens is 438 g/mol. The minimum atomic E-state index is -3.71. The molecule has 0 amide bonds. The van der Waals surface area contributed by atoms with E-state index in [1.807, 2.05) is 0 Å². The molecule has 0 N–H and O–H groups in total. The van der Waals surface area contributed by atoms with Crippen LogP contribution < -0.4 is 0 Å². The Morgan fingerprint density at radius 2 is 2.00 bits per heavy atom. The van der Waals surface area contributed by atoms with E-state index in [9.17, 15) is 13.2 Å². The first-order valence-corrected chi connectivity index (χ1v) is 11.5. The third-order valence-corrected chi connectivity index (χ3v) is 7.70. The van der Waals surface area contributed by atoms with Crippen LogP contribution in [0.4, 0.5) is 0 Å². The highest BCUT2D eigenvalue weighted by atomic mass is 35.5. The summed E-state index contributed by atoms with van der Waals surface area (Å²) in [5.41, 5.74) is 0.566. The zero-order valence-corrected chi connectivity index (χ0v) is 17.5. The Kier molecular flexibility index (Phi) is 5.68. The number of carbonyl (C=O) groups excluding carboxylic acids is 1. The van der Waals surface area contributed by atoms with E-state index >= 15 is 0 Å². The summed E-state index contributed by atoms with van der Waals surface area (Å²) in [6.45, 7) is 0.661. The van der Waals surface area contributed by atoms with Crippen molar-refractivity contribution in [2.75, 3.05) is 13.1 Å². The number of aromatic nitrogens is 2. The summed E-state index contributed by atoms with van der Waals surface area (Å²) in [7, 11) is -3.71. The Bertz CT molecular complexity index is 1140. The lowest BCUT2D eigenvalue weighted by Gasteiger charge is -2.15. The Hall–Kier alpha value is -2.27. The smallest absolute Gasteiger partial charge is 0.350 e. The molecule has 0 aliphatic carbocycles. The van der Waals surface area contributed by atoms with Crippen LogP contribution in [0.2, 0.25) is 5.02 Å². The van der Waals surface area contributed by atoms with Gasteiger partial charge in [-0.1, -0.05) is 28.9 Å². The van der Waals surface area contributed by atoms with Gasteiger partial charge in [0.15, 0.2) is 6.61 Å². The van der Waals surface area contributed by atoms with Crippen molar-refractivity contribution in [2.24, 2.45) is 0 Å². The van der Waals surface area contributed by atoms with Crippen LogP contribution in [0.3, 0.4) is 0 Å². The summed E-state index contributed by atoms with van der Waals surface area (Å²) in [6.07, 6.45) is 1.63. The van der Waals surface area contributed by atoms with Crippen LogP contribution in [0.5, 0.6) is 0 Å². The van der Waals surface area contributed by atoms with E-state index in [0.717, 1.165) is 24.2 Å². The number of hydrogen-bond acceptors (Lipinski definition) is 8. The summed E-state index contributed by atoms with van der Waals surface area (Å²) in [4.78, 5) is 16.7. The lowest BCUT2D eigenvalue weighted by molar-refractivity contribution is 0.0461. The van der Waals surface area contributed by atoms with Crippen molar-refractivity contribution in [2.45, 2.75) is 24.3 Å². The van der Waals surface area contributed by atoms with E-state index in [2.05, 4.69) is 10.1 Å². The van der Waals surface area contributed by atoms with Gasteiger partial charge in [0, 0.05) is 13.1 Å². The summed E-state index contributed by atoms with van der Waals surface area (Å²) in [5, 5.41) is 5.79. The second kappa shape index (κ2) is 8.23. The van der Waals surface area contributed by atoms with Crippen molar-refractivity contribution in [3.63, 3.8) is 0 Å². The maximum absolute atomic E-state index is 12.8. The quantitative estimate of drug-likeness (QED) is 0.525. The predicted octanol–water partition coefficient (Wildman–Crippen LogP) is 3.59. The number of halogens is 1. The summed E-state index contributed by atoms with van der Waals surface area (Å²) < 4.78 is 37.3. The molecule has 152 valence electrons. The SMILES string of the molecule is O=C(OCc1noc(-c2ccccc2Cl)n1)c1sccc1S(=O)(=O)N1CCCC1. The van der Waals surface area contributed by atoms with Crippen molar-refractivity contribution in [3.8, 4) is 11.5 Å². The lowest BCUT2D eigenvalue weighted by atomic mass is 10.2. The summed E-state index contributed by atoms with van der Waals surface area (Å²) in [6, 6.07) is 8.41. The minimum Gasteiger partial charge on any atom is -0.453 e. The normalized spacial score (nSPS) is 14.9. The molecule has 0 spiro atoms. The van der Waals surface area contributed by atoms with Gasteiger partial charge in [0.1, 0.15) is 9.77 Å². The van der Waals surface area contributed by atoms with E-state index in [1.165, 1.54) is 10.4 Å². The molecule has 1 saturated heterocycles. The molecule has 0 radical (unpaired) electrons. The lowest BCUT2D eigenvalue weighted by Crippen LogP contribution is -2.28. The van der Waals surface area contributed by atoms with Crippen LogP contribution in [-0.2, 0) is 21.4 Å². The number of sulfonamides is 1. The van der Waals surface area contributed by atoms with Gasteiger partial charge in [-0.25, -0.2) is 13.2 Å². The van der Waals surface area contributed by atoms with Gasteiger partial charge in [0.2, 0.25) is 15.8 Å². The molecule has 3 aromatic rings. The van der Waals surface area contributed by atoms with Crippen molar-refractivity contribution in [1.29, 1.82) is 0 Å². The van der Waals surface area contributed by atoms with Crippen LogP contribution in [0.1, 0.15) is 28.3 Å². The van der Waals surface area contributed by atoms with Crippen molar-refractivity contribution < 1.29 is 22.5 Å². The van der Waals surface area contributed by atoms with Gasteiger partial charge in [-0.2, -0.15) is 9.29 Å². The van der Waals surface area contributed by atoms with Gasteiger partial charge >= 0.3 is 5.97 Å². The Balaban J connectivity index is 1.47. The molecule has 1 aliphatic heterocycles. The topological polar surface area (TPSA) is 103 Å². The van der Waals surface area contributed by atoms with E-state index in [1.54, 1.807) is 29.6 Å². The first-order valence-electron chi connectivity index (χ1n) is 8.79. The van der Waals surface area contributed by atoms with E-state index in [-0.39, 0.29) is 28.1 Å². The third kappa shape index (κ3) is 4.06. The first kappa shape index (κ1) is 20.0. The average molecular weight is 454 g/mol. The van der Waals surface area contributed by atoms with Gasteiger partial charge in [-0.05, 0) is 36.4 Å². The summed E-state index contributed by atoms with van der Waals surface area (Å²) >= 11 is 7.12. The Morgan fingerprint density at radius 1 is 1.24 bits per heavy atom. The van der Waals surface area contributed by atoms with Crippen molar-refractivity contribution in [3.05, 3.63) is 51.4 Å². The van der Waals surface area contributed by atoms with Gasteiger partial charge in [-0.3, -0.25) is 0 Å². The van der Waals surface area contributed by atoms with Gasteiger partial charge in [0.05, 0.1) is 10.6 Å². The molecule has 29 heavy (non-hydrogen) atoms. The van der Waals surface area contributed by atoms with Crippen molar-refractivity contribution in [1.82, 2.24) is 14.4 Å². The highest BCUT2D eigenvalue weighted by molar-refractivity contribution is 7.89. The maximum Gasteiger partial charge on any atom is 0.350 e. The number of ether oxygens (including phenoxy) is 1. The third-order valence-electron chi connectivity index (χ3n) is 4.40. The fourth-order valence-corrected chi connectivity index (χ4v) is 5.99. The number of hydrogen-bond donors (Lipinski definition) is 0. The molecule has 11 heteroatoms. The molecule has 0 unspecified atom stereocenters. The minimum absolute atomic E-state index is 0.0285. The number of thiophene rings is 1. The molecule has 0 bridgehead atoms. The molecule has 1 aliphatic rings. The molecule has 1 aromatic carbocycles. The standard InChI is InChI=1S/C18H16ClN3O5S2/c19-13-6-2-1-5-12(13)17-20-15(21-27-17)11-26-18(23)16-14(7-10-28-16)29(24,25)22-8-3-4-9-22/h1-2,5-7,10H,3-4,8-9,11H2. The molecule has 1 fully saturated rings. The number of rotatable bonds is 6. The Labute approximate surface area is 176 Å². The van der Waals surface area contributed by atoms with Crippen LogP contribution in [-0.4, -0.2) is 41.9 Å².